The molecule has 0 spiro atoms. The van der Waals surface area contributed by atoms with Crippen molar-refractivity contribution >= 4 is 24.0 Å². The average molecular weight is 289 g/mol. The van der Waals surface area contributed by atoms with E-state index in [1.807, 2.05) is 18.2 Å². The van der Waals surface area contributed by atoms with Gasteiger partial charge in [0.2, 0.25) is 0 Å². The predicted octanol–water partition coefficient (Wildman–Crippen LogP) is 3.46. The van der Waals surface area contributed by atoms with Gasteiger partial charge in [-0.3, -0.25) is 4.90 Å². The summed E-state index contributed by atoms with van der Waals surface area (Å²) in [6.45, 7) is 4.17. The van der Waals surface area contributed by atoms with Crippen LogP contribution in [0, 0.1) is 0 Å². The first kappa shape index (κ1) is 15.8. The number of nitrogens with two attached hydrogens (primary N) is 1. The molecule has 0 amide bonds. The third-order valence-corrected chi connectivity index (χ3v) is 3.97. The summed E-state index contributed by atoms with van der Waals surface area (Å²) in [5.41, 5.74) is 7.28. The molecular formula is C14H22Cl2N2. The van der Waals surface area contributed by atoms with Crippen LogP contribution in [0.5, 0.6) is 0 Å². The second-order valence-electron chi connectivity index (χ2n) is 4.98. The van der Waals surface area contributed by atoms with E-state index < -0.39 is 0 Å². The summed E-state index contributed by atoms with van der Waals surface area (Å²) in [6, 6.07) is 8.83. The van der Waals surface area contributed by atoms with Crippen molar-refractivity contribution in [1.82, 2.24) is 4.90 Å². The molecule has 0 aliphatic carbocycles. The lowest BCUT2D eigenvalue weighted by atomic mass is 9.96. The van der Waals surface area contributed by atoms with Crippen molar-refractivity contribution in [2.24, 2.45) is 5.73 Å². The minimum absolute atomic E-state index is 0. The molecule has 1 aliphatic heterocycles. The maximum Gasteiger partial charge on any atom is 0.0451 e. The van der Waals surface area contributed by atoms with Crippen LogP contribution in [0.4, 0.5) is 0 Å². The van der Waals surface area contributed by atoms with Gasteiger partial charge in [0, 0.05) is 23.7 Å². The van der Waals surface area contributed by atoms with E-state index >= 15 is 0 Å². The van der Waals surface area contributed by atoms with Gasteiger partial charge in [-0.2, -0.15) is 0 Å². The number of rotatable bonds is 3. The Bertz CT molecular complexity index is 369. The summed E-state index contributed by atoms with van der Waals surface area (Å²) in [4.78, 5) is 2.48. The summed E-state index contributed by atoms with van der Waals surface area (Å²) in [5, 5.41) is 0.862. The van der Waals surface area contributed by atoms with Gasteiger partial charge in [0.1, 0.15) is 0 Å². The lowest BCUT2D eigenvalue weighted by Crippen LogP contribution is -2.48. The minimum Gasteiger partial charge on any atom is -0.327 e. The van der Waals surface area contributed by atoms with E-state index in [9.17, 15) is 0 Å². The molecule has 1 aromatic carbocycles. The second kappa shape index (κ2) is 7.34. The molecule has 1 aromatic rings. The Balaban J connectivity index is 0.00000162. The molecule has 1 saturated heterocycles. The largest absolute Gasteiger partial charge is 0.327 e. The highest BCUT2D eigenvalue weighted by atomic mass is 35.5. The van der Waals surface area contributed by atoms with Crippen LogP contribution in [-0.2, 0) is 6.54 Å². The van der Waals surface area contributed by atoms with Crippen LogP contribution < -0.4 is 5.73 Å². The molecule has 0 aromatic heterocycles. The Hall–Kier alpha value is -0.280. The van der Waals surface area contributed by atoms with Gasteiger partial charge in [-0.1, -0.05) is 36.2 Å². The summed E-state index contributed by atoms with van der Waals surface area (Å²) in [7, 11) is 0. The Labute approximate surface area is 121 Å². The van der Waals surface area contributed by atoms with Crippen LogP contribution in [0.2, 0.25) is 5.02 Å². The van der Waals surface area contributed by atoms with E-state index in [0.29, 0.717) is 6.04 Å². The first-order chi connectivity index (χ1) is 8.18. The minimum atomic E-state index is 0. The van der Waals surface area contributed by atoms with Gasteiger partial charge in [0.25, 0.3) is 0 Å². The molecule has 0 saturated carbocycles. The number of benzene rings is 1. The van der Waals surface area contributed by atoms with Crippen molar-refractivity contribution in [3.63, 3.8) is 0 Å². The zero-order valence-electron chi connectivity index (χ0n) is 10.8. The van der Waals surface area contributed by atoms with E-state index in [1.165, 1.54) is 24.8 Å². The second-order valence-corrected chi connectivity index (χ2v) is 5.39. The molecule has 18 heavy (non-hydrogen) atoms. The molecule has 0 radical (unpaired) electrons. The normalized spacial score (nSPS) is 22.3. The zero-order valence-corrected chi connectivity index (χ0v) is 12.4. The van der Waals surface area contributed by atoms with Gasteiger partial charge in [-0.25, -0.2) is 0 Å². The molecule has 2 rings (SSSR count). The number of piperidine rings is 1. The summed E-state index contributed by atoms with van der Waals surface area (Å²) < 4.78 is 0. The van der Waals surface area contributed by atoms with E-state index in [-0.39, 0.29) is 18.4 Å². The Morgan fingerprint density at radius 3 is 2.78 bits per heavy atom. The Morgan fingerprint density at radius 1 is 1.39 bits per heavy atom. The highest BCUT2D eigenvalue weighted by Gasteiger charge is 2.25. The maximum atomic E-state index is 6.21. The molecular weight excluding hydrogens is 267 g/mol. The van der Waals surface area contributed by atoms with E-state index in [0.717, 1.165) is 18.1 Å². The molecule has 0 bridgehead atoms. The summed E-state index contributed by atoms with van der Waals surface area (Å²) >= 11 is 6.21. The quantitative estimate of drug-likeness (QED) is 0.923. The number of likely N-dealkylation sites (tertiary alicyclic amines) is 1. The summed E-state index contributed by atoms with van der Waals surface area (Å²) in [5.74, 6) is 0. The van der Waals surface area contributed by atoms with Crippen molar-refractivity contribution in [3.05, 3.63) is 34.9 Å². The molecule has 2 nitrogen and oxygen atoms in total. The van der Waals surface area contributed by atoms with Crippen LogP contribution >= 0.6 is 24.0 Å². The molecule has 2 unspecified atom stereocenters. The third kappa shape index (κ3) is 3.86. The molecule has 4 heteroatoms. The fraction of sp³-hybridized carbons (Fsp3) is 0.571. The molecule has 1 fully saturated rings. The zero-order chi connectivity index (χ0) is 12.3. The molecule has 2 N–H and O–H groups in total. The highest BCUT2D eigenvalue weighted by molar-refractivity contribution is 6.31. The summed E-state index contributed by atoms with van der Waals surface area (Å²) in [6.07, 6.45) is 3.78. The Morgan fingerprint density at radius 2 is 2.11 bits per heavy atom. The number of hydrogen-bond donors (Lipinski definition) is 1. The number of halogens is 2. The maximum absolute atomic E-state index is 6.21. The van der Waals surface area contributed by atoms with Gasteiger partial charge in [-0.15, -0.1) is 12.4 Å². The SMILES string of the molecule is CC(N)C1CCCCN1Cc1ccccc1Cl.Cl. The van der Waals surface area contributed by atoms with Crippen molar-refractivity contribution in [3.8, 4) is 0 Å². The molecule has 2 atom stereocenters. The van der Waals surface area contributed by atoms with Gasteiger partial charge in [-0.05, 0) is 37.9 Å². The average Bonchev–Trinajstić information content (AvgIpc) is 2.32. The van der Waals surface area contributed by atoms with Gasteiger partial charge in [0.05, 0.1) is 0 Å². The van der Waals surface area contributed by atoms with Crippen molar-refractivity contribution in [2.45, 2.75) is 44.8 Å². The fourth-order valence-corrected chi connectivity index (χ4v) is 2.85. The molecule has 1 aliphatic rings. The van der Waals surface area contributed by atoms with E-state index in [2.05, 4.69) is 17.9 Å². The third-order valence-electron chi connectivity index (χ3n) is 3.60. The predicted molar refractivity (Wildman–Crippen MR) is 80.4 cm³/mol. The van der Waals surface area contributed by atoms with Crippen LogP contribution in [0.15, 0.2) is 24.3 Å². The Kier molecular flexibility index (Phi) is 6.44. The molecule has 1 heterocycles. The standard InChI is InChI=1S/C14H21ClN2.ClH/c1-11(16)14-8-4-5-9-17(14)10-12-6-2-3-7-13(12)15;/h2-3,6-7,11,14H,4-5,8-10,16H2,1H3;1H. The van der Waals surface area contributed by atoms with Gasteiger partial charge >= 0.3 is 0 Å². The lowest BCUT2D eigenvalue weighted by Gasteiger charge is -2.38. The van der Waals surface area contributed by atoms with E-state index in [4.69, 9.17) is 17.3 Å². The molecule has 102 valence electrons. The van der Waals surface area contributed by atoms with Crippen LogP contribution in [-0.4, -0.2) is 23.5 Å². The first-order valence-corrected chi connectivity index (χ1v) is 6.79. The monoisotopic (exact) mass is 288 g/mol. The lowest BCUT2D eigenvalue weighted by molar-refractivity contribution is 0.123. The smallest absolute Gasteiger partial charge is 0.0451 e. The van der Waals surface area contributed by atoms with Crippen molar-refractivity contribution < 1.29 is 0 Å². The first-order valence-electron chi connectivity index (χ1n) is 6.41. The van der Waals surface area contributed by atoms with Crippen LogP contribution in [0.1, 0.15) is 31.7 Å². The number of hydrogen-bond acceptors (Lipinski definition) is 2. The van der Waals surface area contributed by atoms with Crippen LogP contribution in [0.25, 0.3) is 0 Å². The number of nitrogens with zero attached hydrogens (tertiary/aromatic N) is 1. The van der Waals surface area contributed by atoms with Crippen molar-refractivity contribution in [1.29, 1.82) is 0 Å². The van der Waals surface area contributed by atoms with Crippen LogP contribution in [0.3, 0.4) is 0 Å². The fourth-order valence-electron chi connectivity index (χ4n) is 2.65. The highest BCUT2D eigenvalue weighted by Crippen LogP contribution is 2.24. The van der Waals surface area contributed by atoms with E-state index in [1.54, 1.807) is 0 Å². The topological polar surface area (TPSA) is 29.3 Å². The van der Waals surface area contributed by atoms with Gasteiger partial charge < -0.3 is 5.73 Å². The van der Waals surface area contributed by atoms with Crippen molar-refractivity contribution in [2.75, 3.05) is 6.54 Å². The van der Waals surface area contributed by atoms with Gasteiger partial charge in [0.15, 0.2) is 0 Å².